The van der Waals surface area contributed by atoms with Crippen LogP contribution in [0.1, 0.15) is 29.5 Å². The van der Waals surface area contributed by atoms with Crippen LogP contribution in [0.25, 0.3) is 0 Å². The third-order valence-electron chi connectivity index (χ3n) is 3.06. The molecular weight excluding hydrogens is 252 g/mol. The van der Waals surface area contributed by atoms with Crippen LogP contribution in [0, 0.1) is 6.92 Å². The van der Waals surface area contributed by atoms with Crippen LogP contribution in [0.5, 0.6) is 0 Å². The van der Waals surface area contributed by atoms with Crippen LogP contribution in [0.3, 0.4) is 0 Å². The van der Waals surface area contributed by atoms with Crippen molar-refractivity contribution < 1.29 is 14.3 Å². The topological polar surface area (TPSA) is 60.5 Å². The monoisotopic (exact) mass is 270 g/mol. The molecule has 100 valence electrons. The lowest BCUT2D eigenvalue weighted by Gasteiger charge is -2.18. The first kappa shape index (κ1) is 13.5. The minimum absolute atomic E-state index is 0.199. The molecule has 0 aromatic carbocycles. The predicted octanol–water partition coefficient (Wildman–Crippen LogP) is 1.43. The molecule has 1 fully saturated rings. The first-order chi connectivity index (χ1) is 8.72. The molecule has 1 saturated heterocycles. The van der Waals surface area contributed by atoms with Gasteiger partial charge in [-0.1, -0.05) is 0 Å². The summed E-state index contributed by atoms with van der Waals surface area (Å²) in [7, 11) is 1.40. The molecule has 5 nitrogen and oxygen atoms in total. The number of esters is 1. The molecular formula is C12H18N2O3S. The molecule has 0 saturated carbocycles. The Hall–Kier alpha value is -0.980. The van der Waals surface area contributed by atoms with Crippen molar-refractivity contribution in [2.24, 2.45) is 0 Å². The Morgan fingerprint density at radius 1 is 1.78 bits per heavy atom. The lowest BCUT2D eigenvalue weighted by atomic mass is 10.2. The maximum Gasteiger partial charge on any atom is 0.328 e. The van der Waals surface area contributed by atoms with Crippen molar-refractivity contribution >= 4 is 17.3 Å². The third kappa shape index (κ3) is 3.07. The molecule has 0 aliphatic carbocycles. The van der Waals surface area contributed by atoms with Crippen LogP contribution < -0.4 is 5.32 Å². The van der Waals surface area contributed by atoms with Gasteiger partial charge in [-0.25, -0.2) is 9.78 Å². The van der Waals surface area contributed by atoms with Crippen LogP contribution in [-0.4, -0.2) is 37.3 Å². The molecule has 2 rings (SSSR count). The van der Waals surface area contributed by atoms with E-state index in [-0.39, 0.29) is 12.1 Å². The van der Waals surface area contributed by atoms with E-state index in [1.54, 1.807) is 5.51 Å². The number of rotatable bonds is 5. The molecule has 1 N–H and O–H groups in total. The fourth-order valence-corrected chi connectivity index (χ4v) is 2.91. The Morgan fingerprint density at radius 3 is 3.17 bits per heavy atom. The van der Waals surface area contributed by atoms with Crippen LogP contribution in [0.2, 0.25) is 0 Å². The van der Waals surface area contributed by atoms with E-state index in [9.17, 15) is 4.79 Å². The van der Waals surface area contributed by atoms with Crippen molar-refractivity contribution in [3.63, 3.8) is 0 Å². The number of thiazole rings is 1. The van der Waals surface area contributed by atoms with E-state index in [4.69, 9.17) is 9.47 Å². The normalized spacial score (nSPS) is 20.9. The number of carbonyl (C=O) groups excluding carboxylic acids is 1. The predicted molar refractivity (Wildman–Crippen MR) is 68.6 cm³/mol. The Labute approximate surface area is 111 Å². The summed E-state index contributed by atoms with van der Waals surface area (Å²) < 4.78 is 10.4. The molecule has 6 heteroatoms. The summed E-state index contributed by atoms with van der Waals surface area (Å²) in [6, 6.07) is -0.438. The Morgan fingerprint density at radius 2 is 2.61 bits per heavy atom. The molecule has 0 bridgehead atoms. The van der Waals surface area contributed by atoms with Gasteiger partial charge in [0.1, 0.15) is 6.04 Å². The van der Waals surface area contributed by atoms with Gasteiger partial charge in [-0.2, -0.15) is 0 Å². The van der Waals surface area contributed by atoms with Crippen molar-refractivity contribution in [3.8, 4) is 0 Å². The lowest BCUT2D eigenvalue weighted by Crippen LogP contribution is -2.35. The van der Waals surface area contributed by atoms with E-state index in [2.05, 4.69) is 10.3 Å². The van der Waals surface area contributed by atoms with E-state index in [0.29, 0.717) is 6.54 Å². The molecule has 18 heavy (non-hydrogen) atoms. The number of aromatic nitrogens is 1. The van der Waals surface area contributed by atoms with E-state index in [0.717, 1.165) is 30.0 Å². The quantitative estimate of drug-likeness (QED) is 0.820. The minimum Gasteiger partial charge on any atom is -0.468 e. The molecule has 0 amide bonds. The van der Waals surface area contributed by atoms with Crippen molar-refractivity contribution in [1.29, 1.82) is 0 Å². The number of methoxy groups -OCH3 is 1. The molecule has 1 aliphatic heterocycles. The number of ether oxygens (including phenoxy) is 2. The molecule has 0 radical (unpaired) electrons. The van der Waals surface area contributed by atoms with Gasteiger partial charge in [0.2, 0.25) is 0 Å². The summed E-state index contributed by atoms with van der Waals surface area (Å²) >= 11 is 1.47. The number of hydrogen-bond acceptors (Lipinski definition) is 6. The number of hydrogen-bond donors (Lipinski definition) is 1. The van der Waals surface area contributed by atoms with Crippen LogP contribution >= 0.6 is 11.3 Å². The largest absolute Gasteiger partial charge is 0.468 e. The first-order valence-corrected chi connectivity index (χ1v) is 6.93. The molecule has 1 aromatic heterocycles. The maximum absolute atomic E-state index is 11.8. The second-order valence-corrected chi connectivity index (χ2v) is 5.19. The van der Waals surface area contributed by atoms with Gasteiger partial charge in [0.05, 0.1) is 29.3 Å². The van der Waals surface area contributed by atoms with Crippen molar-refractivity contribution in [1.82, 2.24) is 10.3 Å². The third-order valence-corrected chi connectivity index (χ3v) is 4.05. The van der Waals surface area contributed by atoms with Gasteiger partial charge in [0.15, 0.2) is 0 Å². The molecule has 2 heterocycles. The Balaban J connectivity index is 2.01. The SMILES string of the molecule is COC(=O)C(NCC1CCCO1)c1scnc1C. The second-order valence-electron chi connectivity index (χ2n) is 4.30. The molecule has 1 aliphatic rings. The lowest BCUT2D eigenvalue weighted by molar-refractivity contribution is -0.143. The second kappa shape index (κ2) is 6.26. The van der Waals surface area contributed by atoms with Gasteiger partial charge in [0.25, 0.3) is 0 Å². The van der Waals surface area contributed by atoms with Crippen LogP contribution in [0.4, 0.5) is 0 Å². The van der Waals surface area contributed by atoms with Gasteiger partial charge in [-0.05, 0) is 19.8 Å². The first-order valence-electron chi connectivity index (χ1n) is 6.05. The Bertz CT molecular complexity index is 402. The maximum atomic E-state index is 11.8. The van der Waals surface area contributed by atoms with Gasteiger partial charge >= 0.3 is 5.97 Å². The van der Waals surface area contributed by atoms with Gasteiger partial charge in [-0.15, -0.1) is 11.3 Å². The molecule has 2 atom stereocenters. The smallest absolute Gasteiger partial charge is 0.328 e. The molecule has 1 aromatic rings. The molecule has 0 spiro atoms. The highest BCUT2D eigenvalue weighted by Gasteiger charge is 2.26. The van der Waals surface area contributed by atoms with Gasteiger partial charge < -0.3 is 9.47 Å². The average Bonchev–Trinajstić information content (AvgIpc) is 3.01. The van der Waals surface area contributed by atoms with E-state index < -0.39 is 6.04 Å². The fraction of sp³-hybridized carbons (Fsp3) is 0.667. The zero-order chi connectivity index (χ0) is 13.0. The van der Waals surface area contributed by atoms with Crippen molar-refractivity contribution in [3.05, 3.63) is 16.1 Å². The van der Waals surface area contributed by atoms with Crippen molar-refractivity contribution in [2.45, 2.75) is 31.9 Å². The number of aryl methyl sites for hydroxylation is 1. The van der Waals surface area contributed by atoms with Crippen LogP contribution in [-0.2, 0) is 14.3 Å². The average molecular weight is 270 g/mol. The zero-order valence-electron chi connectivity index (χ0n) is 10.6. The number of nitrogens with one attached hydrogen (secondary N) is 1. The van der Waals surface area contributed by atoms with Gasteiger partial charge in [-0.3, -0.25) is 5.32 Å². The fourth-order valence-electron chi connectivity index (χ4n) is 2.04. The summed E-state index contributed by atoms with van der Waals surface area (Å²) in [6.45, 7) is 3.38. The van der Waals surface area contributed by atoms with Gasteiger partial charge in [0, 0.05) is 13.2 Å². The van der Waals surface area contributed by atoms with Crippen molar-refractivity contribution in [2.75, 3.05) is 20.3 Å². The molecule has 2 unspecified atom stereocenters. The summed E-state index contributed by atoms with van der Waals surface area (Å²) in [5.41, 5.74) is 2.61. The minimum atomic E-state index is -0.438. The van der Waals surface area contributed by atoms with Crippen LogP contribution in [0.15, 0.2) is 5.51 Å². The number of nitrogens with zero attached hydrogens (tertiary/aromatic N) is 1. The van der Waals surface area contributed by atoms with E-state index in [1.807, 2.05) is 6.92 Å². The highest BCUT2D eigenvalue weighted by Crippen LogP contribution is 2.23. The summed E-state index contributed by atoms with van der Waals surface area (Å²) in [5.74, 6) is -0.277. The summed E-state index contributed by atoms with van der Waals surface area (Å²) in [4.78, 5) is 16.9. The Kier molecular flexibility index (Phi) is 4.68. The highest BCUT2D eigenvalue weighted by atomic mass is 32.1. The zero-order valence-corrected chi connectivity index (χ0v) is 11.5. The van der Waals surface area contributed by atoms with E-state index >= 15 is 0 Å². The van der Waals surface area contributed by atoms with E-state index in [1.165, 1.54) is 18.4 Å². The highest BCUT2D eigenvalue weighted by molar-refractivity contribution is 7.10. The summed E-state index contributed by atoms with van der Waals surface area (Å²) in [6.07, 6.45) is 2.34. The number of carbonyl (C=O) groups is 1. The summed E-state index contributed by atoms with van der Waals surface area (Å²) in [5, 5.41) is 3.23. The standard InChI is InChI=1S/C12H18N2O3S/c1-8-11(18-7-14-8)10(12(15)16-2)13-6-9-4-3-5-17-9/h7,9-10,13H,3-6H2,1-2H3.